The highest BCUT2D eigenvalue weighted by molar-refractivity contribution is 8.00. The van der Waals surface area contributed by atoms with Crippen molar-refractivity contribution in [1.29, 1.82) is 0 Å². The van der Waals surface area contributed by atoms with E-state index in [1.165, 1.54) is 23.1 Å². The predicted molar refractivity (Wildman–Crippen MR) is 119 cm³/mol. The number of rotatable bonds is 6. The van der Waals surface area contributed by atoms with Crippen molar-refractivity contribution in [3.8, 4) is 0 Å². The molecule has 2 N–H and O–H groups in total. The average Bonchev–Trinajstić information content (AvgIpc) is 3.20. The van der Waals surface area contributed by atoms with Crippen molar-refractivity contribution in [3.05, 3.63) is 76.0 Å². The van der Waals surface area contributed by atoms with E-state index in [2.05, 4.69) is 10.6 Å². The van der Waals surface area contributed by atoms with Gasteiger partial charge in [0.1, 0.15) is 0 Å². The minimum atomic E-state index is -0.275. The van der Waals surface area contributed by atoms with E-state index in [9.17, 15) is 9.59 Å². The second-order valence-electron chi connectivity index (χ2n) is 6.46. The minimum absolute atomic E-state index is 0.0493. The standard InChI is InChI=1S/C22H22N2O2S2/c1-14-7-4-10-19(15(14)2)24-21(25)16(3)28-18-9-5-8-17(13-18)23-22(26)20-11-6-12-27-20/h4-13,16H,1-3H3,(H,23,26)(H,24,25). The molecule has 3 rings (SSSR count). The molecule has 2 amide bonds. The van der Waals surface area contributed by atoms with Crippen LogP contribution in [0.3, 0.4) is 0 Å². The molecular weight excluding hydrogens is 388 g/mol. The Labute approximate surface area is 173 Å². The summed E-state index contributed by atoms with van der Waals surface area (Å²) in [6.07, 6.45) is 0. The van der Waals surface area contributed by atoms with Crippen molar-refractivity contribution in [3.63, 3.8) is 0 Å². The zero-order chi connectivity index (χ0) is 20.1. The van der Waals surface area contributed by atoms with E-state index < -0.39 is 0 Å². The van der Waals surface area contributed by atoms with E-state index in [4.69, 9.17) is 0 Å². The highest BCUT2D eigenvalue weighted by Crippen LogP contribution is 2.27. The van der Waals surface area contributed by atoms with E-state index in [0.717, 1.165) is 21.7 Å². The van der Waals surface area contributed by atoms with Crippen molar-refractivity contribution in [2.24, 2.45) is 0 Å². The number of aryl methyl sites for hydroxylation is 1. The Morgan fingerprint density at radius 1 is 1.00 bits per heavy atom. The van der Waals surface area contributed by atoms with Crippen molar-refractivity contribution in [2.45, 2.75) is 30.9 Å². The lowest BCUT2D eigenvalue weighted by atomic mass is 10.1. The smallest absolute Gasteiger partial charge is 0.265 e. The van der Waals surface area contributed by atoms with Gasteiger partial charge < -0.3 is 10.6 Å². The maximum absolute atomic E-state index is 12.6. The summed E-state index contributed by atoms with van der Waals surface area (Å²) in [4.78, 5) is 26.4. The Hall–Kier alpha value is -2.57. The molecule has 1 unspecified atom stereocenters. The third-order valence-electron chi connectivity index (χ3n) is 4.38. The molecule has 0 saturated carbocycles. The molecule has 1 atom stereocenters. The van der Waals surface area contributed by atoms with Gasteiger partial charge in [-0.2, -0.15) is 0 Å². The number of carbonyl (C=O) groups excluding carboxylic acids is 2. The number of amides is 2. The molecule has 0 aliphatic carbocycles. The van der Waals surface area contributed by atoms with Crippen LogP contribution in [0.5, 0.6) is 0 Å². The summed E-state index contributed by atoms with van der Waals surface area (Å²) >= 11 is 2.86. The third-order valence-corrected chi connectivity index (χ3v) is 6.34. The fraction of sp³-hybridized carbons (Fsp3) is 0.182. The summed E-state index contributed by atoms with van der Waals surface area (Å²) in [5.74, 6) is -0.176. The summed E-state index contributed by atoms with van der Waals surface area (Å²) in [7, 11) is 0. The summed E-state index contributed by atoms with van der Waals surface area (Å²) < 4.78 is 0. The monoisotopic (exact) mass is 410 g/mol. The second kappa shape index (κ2) is 9.08. The predicted octanol–water partition coefficient (Wildman–Crippen LogP) is 5.74. The van der Waals surface area contributed by atoms with E-state index >= 15 is 0 Å². The molecular formula is C22H22N2O2S2. The maximum atomic E-state index is 12.6. The molecule has 0 radical (unpaired) electrons. The summed E-state index contributed by atoms with van der Waals surface area (Å²) in [6.45, 7) is 5.91. The van der Waals surface area contributed by atoms with Gasteiger partial charge in [-0.15, -0.1) is 23.1 Å². The lowest BCUT2D eigenvalue weighted by Gasteiger charge is -2.15. The van der Waals surface area contributed by atoms with Crippen LogP contribution >= 0.6 is 23.1 Å². The number of nitrogens with one attached hydrogen (secondary N) is 2. The molecule has 1 heterocycles. The Bertz CT molecular complexity index is 984. The van der Waals surface area contributed by atoms with E-state index in [1.54, 1.807) is 6.07 Å². The molecule has 6 heteroatoms. The number of anilines is 2. The zero-order valence-electron chi connectivity index (χ0n) is 16.0. The molecule has 0 fully saturated rings. The number of hydrogen-bond acceptors (Lipinski definition) is 4. The molecule has 0 aliphatic heterocycles. The first kappa shape index (κ1) is 20.2. The van der Waals surface area contributed by atoms with E-state index in [1.807, 2.05) is 74.7 Å². The lowest BCUT2D eigenvalue weighted by molar-refractivity contribution is -0.115. The van der Waals surface area contributed by atoms with Gasteiger partial charge in [-0.1, -0.05) is 24.3 Å². The zero-order valence-corrected chi connectivity index (χ0v) is 17.6. The number of benzene rings is 2. The van der Waals surface area contributed by atoms with Crippen LogP contribution in [0.15, 0.2) is 64.9 Å². The average molecular weight is 411 g/mol. The van der Waals surface area contributed by atoms with Crippen molar-refractivity contribution >= 4 is 46.3 Å². The van der Waals surface area contributed by atoms with Crippen LogP contribution < -0.4 is 10.6 Å². The van der Waals surface area contributed by atoms with Crippen LogP contribution in [0.4, 0.5) is 11.4 Å². The van der Waals surface area contributed by atoms with Crippen LogP contribution in [0.25, 0.3) is 0 Å². The molecule has 0 bridgehead atoms. The molecule has 1 aromatic heterocycles. The number of thiophene rings is 1. The fourth-order valence-corrected chi connectivity index (χ4v) is 4.17. The van der Waals surface area contributed by atoms with Gasteiger partial charge in [0.25, 0.3) is 5.91 Å². The Balaban J connectivity index is 1.63. The Kier molecular flexibility index (Phi) is 6.54. The fourth-order valence-electron chi connectivity index (χ4n) is 2.63. The Morgan fingerprint density at radius 2 is 1.79 bits per heavy atom. The Morgan fingerprint density at radius 3 is 2.54 bits per heavy atom. The first-order valence-electron chi connectivity index (χ1n) is 8.92. The quantitative estimate of drug-likeness (QED) is 0.510. The van der Waals surface area contributed by atoms with Gasteiger partial charge in [0.2, 0.25) is 5.91 Å². The van der Waals surface area contributed by atoms with Crippen LogP contribution in [-0.2, 0) is 4.79 Å². The number of thioether (sulfide) groups is 1. The van der Waals surface area contributed by atoms with Gasteiger partial charge in [0.05, 0.1) is 10.1 Å². The van der Waals surface area contributed by atoms with E-state index in [0.29, 0.717) is 10.6 Å². The van der Waals surface area contributed by atoms with Crippen LogP contribution in [-0.4, -0.2) is 17.1 Å². The van der Waals surface area contributed by atoms with Gasteiger partial charge in [-0.25, -0.2) is 0 Å². The maximum Gasteiger partial charge on any atom is 0.265 e. The van der Waals surface area contributed by atoms with E-state index in [-0.39, 0.29) is 17.1 Å². The van der Waals surface area contributed by atoms with Crippen molar-refractivity contribution < 1.29 is 9.59 Å². The molecule has 3 aromatic rings. The van der Waals surface area contributed by atoms with Crippen LogP contribution in [0.2, 0.25) is 0 Å². The van der Waals surface area contributed by atoms with Crippen molar-refractivity contribution in [2.75, 3.05) is 10.6 Å². The second-order valence-corrected chi connectivity index (χ2v) is 8.82. The molecule has 0 spiro atoms. The molecule has 0 aliphatic rings. The molecule has 0 saturated heterocycles. The SMILES string of the molecule is Cc1cccc(NC(=O)C(C)Sc2cccc(NC(=O)c3cccs3)c2)c1C. The number of carbonyl (C=O) groups is 2. The highest BCUT2D eigenvalue weighted by atomic mass is 32.2. The number of hydrogen-bond donors (Lipinski definition) is 2. The summed E-state index contributed by atoms with van der Waals surface area (Å²) in [5.41, 5.74) is 3.78. The summed E-state index contributed by atoms with van der Waals surface area (Å²) in [6, 6.07) is 17.1. The van der Waals surface area contributed by atoms with Gasteiger partial charge >= 0.3 is 0 Å². The molecule has 2 aromatic carbocycles. The van der Waals surface area contributed by atoms with Crippen LogP contribution in [0, 0.1) is 13.8 Å². The molecule has 28 heavy (non-hydrogen) atoms. The first-order valence-corrected chi connectivity index (χ1v) is 10.7. The topological polar surface area (TPSA) is 58.2 Å². The summed E-state index contributed by atoms with van der Waals surface area (Å²) in [5, 5.41) is 7.50. The lowest BCUT2D eigenvalue weighted by Crippen LogP contribution is -2.23. The largest absolute Gasteiger partial charge is 0.325 e. The van der Waals surface area contributed by atoms with Gasteiger partial charge in [0, 0.05) is 16.3 Å². The van der Waals surface area contributed by atoms with Gasteiger partial charge in [0.15, 0.2) is 0 Å². The van der Waals surface area contributed by atoms with Crippen molar-refractivity contribution in [1.82, 2.24) is 0 Å². The molecule has 4 nitrogen and oxygen atoms in total. The highest BCUT2D eigenvalue weighted by Gasteiger charge is 2.16. The molecule has 144 valence electrons. The van der Waals surface area contributed by atoms with Gasteiger partial charge in [-0.05, 0) is 67.6 Å². The van der Waals surface area contributed by atoms with Crippen LogP contribution in [0.1, 0.15) is 27.7 Å². The third kappa shape index (κ3) is 5.03. The first-order chi connectivity index (χ1) is 13.4. The minimum Gasteiger partial charge on any atom is -0.325 e. The normalized spacial score (nSPS) is 11.7. The van der Waals surface area contributed by atoms with Gasteiger partial charge in [-0.3, -0.25) is 9.59 Å².